The highest BCUT2D eigenvalue weighted by Gasteiger charge is 2.48. The molecule has 1 aromatic heterocycles. The molecule has 0 aromatic carbocycles. The fourth-order valence-corrected chi connectivity index (χ4v) is 3.62. The Morgan fingerprint density at radius 3 is 2.47 bits per heavy atom. The van der Waals surface area contributed by atoms with Crippen molar-refractivity contribution in [1.29, 1.82) is 0 Å². The Morgan fingerprint density at radius 1 is 1.23 bits per heavy atom. The highest BCUT2D eigenvalue weighted by atomic mass is 19.4. The minimum absolute atomic E-state index is 0.248. The van der Waals surface area contributed by atoms with Crippen LogP contribution in [-0.2, 0) is 16.1 Å². The Morgan fingerprint density at radius 2 is 1.90 bits per heavy atom. The molecule has 1 aromatic rings. The number of fused-ring (bicyclic) bond motifs is 1. The van der Waals surface area contributed by atoms with E-state index < -0.39 is 47.8 Å². The average molecular weight is 434 g/mol. The Bertz CT molecular complexity index is 878. The minimum Gasteiger partial charge on any atom is -0.377 e. The third-order valence-electron chi connectivity index (χ3n) is 5.50. The molecule has 11 heteroatoms. The van der Waals surface area contributed by atoms with Gasteiger partial charge >= 0.3 is 6.18 Å². The first-order chi connectivity index (χ1) is 13.8. The Balaban J connectivity index is 2.13. The van der Waals surface area contributed by atoms with E-state index in [1.54, 1.807) is 27.7 Å². The third kappa shape index (κ3) is 4.17. The van der Waals surface area contributed by atoms with E-state index in [1.165, 1.54) is 4.90 Å². The van der Waals surface area contributed by atoms with Gasteiger partial charge in [0.05, 0.1) is 25.8 Å². The molecule has 1 fully saturated rings. The van der Waals surface area contributed by atoms with Crippen molar-refractivity contribution in [3.8, 4) is 0 Å². The van der Waals surface area contributed by atoms with Crippen molar-refractivity contribution in [3.63, 3.8) is 0 Å². The van der Waals surface area contributed by atoms with Gasteiger partial charge in [0.15, 0.2) is 11.6 Å². The molecule has 0 radical (unpaired) electrons. The number of carbonyl (C=O) groups excluding carboxylic acids is 1. The molecule has 1 saturated heterocycles. The lowest BCUT2D eigenvalue weighted by Gasteiger charge is -2.41. The molecule has 3 rings (SSSR count). The second kappa shape index (κ2) is 7.82. The Hall–Kier alpha value is -2.17. The average Bonchev–Trinajstić information content (AvgIpc) is 2.63. The molecule has 3 heterocycles. The van der Waals surface area contributed by atoms with Gasteiger partial charge in [0, 0.05) is 18.5 Å². The van der Waals surface area contributed by atoms with E-state index >= 15 is 0 Å². The highest BCUT2D eigenvalue weighted by molar-refractivity contribution is 5.88. The number of nitrogens with zero attached hydrogens (tertiary/aromatic N) is 4. The zero-order valence-corrected chi connectivity index (χ0v) is 17.4. The van der Waals surface area contributed by atoms with E-state index in [4.69, 9.17) is 4.74 Å². The number of Topliss-reactive ketones (excluding diaryl/α,β-unsaturated/α-hetero) is 1. The van der Waals surface area contributed by atoms with Gasteiger partial charge in [-0.2, -0.15) is 22.5 Å². The molecule has 0 N–H and O–H groups in total. The fourth-order valence-electron chi connectivity index (χ4n) is 3.62. The third-order valence-corrected chi connectivity index (χ3v) is 5.50. The zero-order valence-electron chi connectivity index (χ0n) is 17.4. The van der Waals surface area contributed by atoms with Gasteiger partial charge < -0.3 is 14.5 Å². The van der Waals surface area contributed by atoms with E-state index in [0.717, 1.165) is 9.47 Å². The van der Waals surface area contributed by atoms with Crippen LogP contribution in [0, 0.1) is 11.2 Å². The number of carbonyl (C=O) groups is 1. The van der Waals surface area contributed by atoms with E-state index in [-0.39, 0.29) is 44.1 Å². The van der Waals surface area contributed by atoms with Gasteiger partial charge in [0.2, 0.25) is 11.8 Å². The molecule has 0 bridgehead atoms. The summed E-state index contributed by atoms with van der Waals surface area (Å²) >= 11 is 0. The molecule has 168 valence electrons. The van der Waals surface area contributed by atoms with Crippen LogP contribution in [0.4, 0.5) is 29.3 Å². The Kier molecular flexibility index (Phi) is 5.87. The van der Waals surface area contributed by atoms with Crippen LogP contribution in [0.1, 0.15) is 34.1 Å². The second-order valence-electron chi connectivity index (χ2n) is 8.77. The monoisotopic (exact) mass is 434 g/mol. The number of halogens is 4. The number of anilines is 2. The maximum Gasteiger partial charge on any atom is 0.408 e. The van der Waals surface area contributed by atoms with Gasteiger partial charge in [0.1, 0.15) is 6.04 Å². The van der Waals surface area contributed by atoms with Crippen molar-refractivity contribution in [2.75, 3.05) is 36.1 Å². The van der Waals surface area contributed by atoms with Crippen LogP contribution in [0.5, 0.6) is 0 Å². The van der Waals surface area contributed by atoms with Crippen LogP contribution in [0.3, 0.4) is 0 Å². The summed E-state index contributed by atoms with van der Waals surface area (Å²) in [6.07, 6.45) is -5.11. The predicted octanol–water partition coefficient (Wildman–Crippen LogP) is 2.36. The van der Waals surface area contributed by atoms with Crippen LogP contribution in [-0.4, -0.2) is 59.9 Å². The second-order valence-corrected chi connectivity index (χ2v) is 8.77. The lowest BCUT2D eigenvalue weighted by molar-refractivity contribution is -0.153. The van der Waals surface area contributed by atoms with Gasteiger partial charge in [-0.05, 0) is 13.3 Å². The van der Waals surface area contributed by atoms with Crippen molar-refractivity contribution < 1.29 is 27.1 Å². The summed E-state index contributed by atoms with van der Waals surface area (Å²) in [6.45, 7) is 6.45. The summed E-state index contributed by atoms with van der Waals surface area (Å²) in [5.74, 6) is -2.19. The van der Waals surface area contributed by atoms with Crippen LogP contribution in [0.2, 0.25) is 0 Å². The topological polar surface area (TPSA) is 67.7 Å². The molecule has 2 unspecified atom stereocenters. The first-order valence-electron chi connectivity index (χ1n) is 9.83. The predicted molar refractivity (Wildman–Crippen MR) is 102 cm³/mol. The Labute approximate surface area is 171 Å². The molecule has 0 spiro atoms. The largest absolute Gasteiger partial charge is 0.408 e. The first kappa shape index (κ1) is 22.5. The van der Waals surface area contributed by atoms with Gasteiger partial charge in [-0.3, -0.25) is 14.2 Å². The summed E-state index contributed by atoms with van der Waals surface area (Å²) in [4.78, 5) is 31.7. The number of rotatable bonds is 3. The molecule has 2 aliphatic heterocycles. The summed E-state index contributed by atoms with van der Waals surface area (Å²) < 4.78 is 62.4. The number of ketones is 1. The number of aromatic nitrogens is 2. The van der Waals surface area contributed by atoms with Crippen molar-refractivity contribution in [2.45, 2.75) is 58.9 Å². The van der Waals surface area contributed by atoms with E-state index in [1.807, 2.05) is 0 Å². The highest BCUT2D eigenvalue weighted by Crippen LogP contribution is 2.35. The number of alkyl halides is 3. The van der Waals surface area contributed by atoms with Crippen LogP contribution >= 0.6 is 0 Å². The van der Waals surface area contributed by atoms with Crippen LogP contribution < -0.4 is 15.4 Å². The number of hydrogen-bond donors (Lipinski definition) is 0. The number of morpholine rings is 1. The van der Waals surface area contributed by atoms with Crippen LogP contribution in [0.15, 0.2) is 4.79 Å². The van der Waals surface area contributed by atoms with Gasteiger partial charge in [-0.25, -0.2) is 0 Å². The molecular formula is C19H26F4N4O3. The maximum atomic E-state index is 14.9. The van der Waals surface area contributed by atoms with Crippen LogP contribution in [0.25, 0.3) is 0 Å². The lowest BCUT2D eigenvalue weighted by Crippen LogP contribution is -2.55. The molecule has 2 atom stereocenters. The number of hydrogen-bond acceptors (Lipinski definition) is 6. The molecule has 0 aliphatic carbocycles. The molecule has 2 aliphatic rings. The fraction of sp³-hybridized carbons (Fsp3) is 0.737. The SMILES string of the molecule is CC1COCCN1c1nc2n(c(=O)c1F)CCC(C(F)(F)F)N2CC(=O)C(C)(C)C. The molecular weight excluding hydrogens is 408 g/mol. The smallest absolute Gasteiger partial charge is 0.377 e. The van der Waals surface area contributed by atoms with Gasteiger partial charge in [-0.15, -0.1) is 0 Å². The van der Waals surface area contributed by atoms with E-state index in [2.05, 4.69) is 4.98 Å². The molecule has 7 nitrogen and oxygen atoms in total. The molecule has 30 heavy (non-hydrogen) atoms. The quantitative estimate of drug-likeness (QED) is 0.681. The van der Waals surface area contributed by atoms with Gasteiger partial charge in [-0.1, -0.05) is 20.8 Å². The summed E-state index contributed by atoms with van der Waals surface area (Å²) in [7, 11) is 0. The van der Waals surface area contributed by atoms with Crippen molar-refractivity contribution >= 4 is 17.5 Å². The van der Waals surface area contributed by atoms with E-state index in [0.29, 0.717) is 0 Å². The zero-order chi connectivity index (χ0) is 22.4. The normalized spacial score (nSPS) is 22.8. The first-order valence-corrected chi connectivity index (χ1v) is 9.83. The molecule has 0 amide bonds. The number of ether oxygens (including phenoxy) is 1. The summed E-state index contributed by atoms with van der Waals surface area (Å²) in [5, 5.41) is 0. The maximum absolute atomic E-state index is 14.9. The van der Waals surface area contributed by atoms with Crippen molar-refractivity contribution in [2.24, 2.45) is 5.41 Å². The van der Waals surface area contributed by atoms with Crippen molar-refractivity contribution in [1.82, 2.24) is 9.55 Å². The van der Waals surface area contributed by atoms with E-state index in [9.17, 15) is 27.2 Å². The van der Waals surface area contributed by atoms with Gasteiger partial charge in [0.25, 0.3) is 5.56 Å². The standard InChI is InChI=1S/C19H26F4N4O3/c1-11-10-30-8-7-25(11)15-14(20)16(29)26-6-5-12(19(21,22)23)27(17(26)24-15)9-13(28)18(2,3)4/h11-12H,5-10H2,1-4H3. The lowest BCUT2D eigenvalue weighted by atomic mass is 9.90. The van der Waals surface area contributed by atoms with Crippen molar-refractivity contribution in [3.05, 3.63) is 16.2 Å². The summed E-state index contributed by atoms with van der Waals surface area (Å²) in [5.41, 5.74) is -1.93. The minimum atomic E-state index is -4.64. The summed E-state index contributed by atoms with van der Waals surface area (Å²) in [6, 6.07) is -2.30. The molecule has 0 saturated carbocycles.